The SMILES string of the molecule is CCOc1cncc(C(N)C(C)(C)C)c1. The van der Waals surface area contributed by atoms with Crippen molar-refractivity contribution in [2.24, 2.45) is 11.1 Å². The molecule has 15 heavy (non-hydrogen) atoms. The molecule has 1 rings (SSSR count). The Morgan fingerprint density at radius 1 is 1.40 bits per heavy atom. The highest BCUT2D eigenvalue weighted by Crippen LogP contribution is 2.31. The number of nitrogens with zero attached hydrogens (tertiary/aromatic N) is 1. The Bertz CT molecular complexity index is 318. The molecule has 0 fully saturated rings. The van der Waals surface area contributed by atoms with Gasteiger partial charge < -0.3 is 10.5 Å². The van der Waals surface area contributed by atoms with Gasteiger partial charge in [0.25, 0.3) is 0 Å². The summed E-state index contributed by atoms with van der Waals surface area (Å²) in [6.45, 7) is 8.95. The lowest BCUT2D eigenvalue weighted by Crippen LogP contribution is -2.26. The van der Waals surface area contributed by atoms with Crippen molar-refractivity contribution < 1.29 is 4.74 Å². The van der Waals surface area contributed by atoms with E-state index in [0.29, 0.717) is 6.61 Å². The first-order valence-electron chi connectivity index (χ1n) is 5.28. The van der Waals surface area contributed by atoms with Crippen molar-refractivity contribution in [3.63, 3.8) is 0 Å². The van der Waals surface area contributed by atoms with Crippen LogP contribution in [0, 0.1) is 5.41 Å². The van der Waals surface area contributed by atoms with E-state index < -0.39 is 0 Å². The average Bonchev–Trinajstić information content (AvgIpc) is 2.16. The van der Waals surface area contributed by atoms with E-state index in [1.807, 2.05) is 13.0 Å². The van der Waals surface area contributed by atoms with E-state index in [0.717, 1.165) is 11.3 Å². The van der Waals surface area contributed by atoms with Crippen molar-refractivity contribution in [1.29, 1.82) is 0 Å². The Morgan fingerprint density at radius 3 is 2.60 bits per heavy atom. The largest absolute Gasteiger partial charge is 0.492 e. The zero-order chi connectivity index (χ0) is 11.5. The van der Waals surface area contributed by atoms with Crippen LogP contribution in [0.15, 0.2) is 18.5 Å². The van der Waals surface area contributed by atoms with Crippen LogP contribution in [0.25, 0.3) is 0 Å². The number of hydrogen-bond acceptors (Lipinski definition) is 3. The van der Waals surface area contributed by atoms with Gasteiger partial charge in [-0.15, -0.1) is 0 Å². The number of nitrogens with two attached hydrogens (primary N) is 1. The third-order valence-electron chi connectivity index (χ3n) is 2.34. The van der Waals surface area contributed by atoms with Crippen molar-refractivity contribution in [2.75, 3.05) is 6.61 Å². The number of hydrogen-bond donors (Lipinski definition) is 1. The van der Waals surface area contributed by atoms with Crippen LogP contribution >= 0.6 is 0 Å². The van der Waals surface area contributed by atoms with Gasteiger partial charge in [0.2, 0.25) is 0 Å². The van der Waals surface area contributed by atoms with Crippen LogP contribution in [0.3, 0.4) is 0 Å². The quantitative estimate of drug-likeness (QED) is 0.830. The second-order valence-corrected chi connectivity index (χ2v) is 4.73. The molecule has 0 spiro atoms. The fourth-order valence-corrected chi connectivity index (χ4v) is 1.35. The summed E-state index contributed by atoms with van der Waals surface area (Å²) in [6.07, 6.45) is 3.51. The molecule has 0 radical (unpaired) electrons. The lowest BCUT2D eigenvalue weighted by atomic mass is 9.84. The maximum atomic E-state index is 6.14. The smallest absolute Gasteiger partial charge is 0.137 e. The number of ether oxygens (including phenoxy) is 1. The number of pyridine rings is 1. The van der Waals surface area contributed by atoms with Crippen molar-refractivity contribution in [2.45, 2.75) is 33.7 Å². The molecular weight excluding hydrogens is 188 g/mol. The molecule has 0 saturated carbocycles. The Balaban J connectivity index is 2.90. The molecule has 0 aromatic carbocycles. The molecule has 3 heteroatoms. The van der Waals surface area contributed by atoms with Gasteiger partial charge in [0.05, 0.1) is 12.8 Å². The molecule has 1 unspecified atom stereocenters. The summed E-state index contributed by atoms with van der Waals surface area (Å²) >= 11 is 0. The number of aromatic nitrogens is 1. The van der Waals surface area contributed by atoms with Gasteiger partial charge >= 0.3 is 0 Å². The van der Waals surface area contributed by atoms with E-state index in [4.69, 9.17) is 10.5 Å². The van der Waals surface area contributed by atoms with Gasteiger partial charge in [0, 0.05) is 12.2 Å². The molecule has 1 atom stereocenters. The first-order chi connectivity index (χ1) is 6.95. The van der Waals surface area contributed by atoms with Gasteiger partial charge in [-0.2, -0.15) is 0 Å². The monoisotopic (exact) mass is 208 g/mol. The van der Waals surface area contributed by atoms with Gasteiger partial charge in [-0.25, -0.2) is 0 Å². The van der Waals surface area contributed by atoms with Crippen LogP contribution in [0.5, 0.6) is 5.75 Å². The highest BCUT2D eigenvalue weighted by molar-refractivity contribution is 5.26. The van der Waals surface area contributed by atoms with Crippen LogP contribution in [0.4, 0.5) is 0 Å². The maximum absolute atomic E-state index is 6.14. The van der Waals surface area contributed by atoms with Crippen molar-refractivity contribution in [1.82, 2.24) is 4.98 Å². The summed E-state index contributed by atoms with van der Waals surface area (Å²) in [5.74, 6) is 0.787. The molecular formula is C12H20N2O. The molecule has 2 N–H and O–H groups in total. The summed E-state index contributed by atoms with van der Waals surface area (Å²) in [4.78, 5) is 4.13. The molecule has 0 aliphatic carbocycles. The topological polar surface area (TPSA) is 48.1 Å². The molecule has 0 bridgehead atoms. The van der Waals surface area contributed by atoms with Gasteiger partial charge in [-0.3, -0.25) is 4.98 Å². The van der Waals surface area contributed by atoms with E-state index in [2.05, 4.69) is 25.8 Å². The normalized spacial score (nSPS) is 13.7. The van der Waals surface area contributed by atoms with Crippen molar-refractivity contribution in [3.8, 4) is 5.75 Å². The molecule has 1 heterocycles. The first-order valence-corrected chi connectivity index (χ1v) is 5.28. The van der Waals surface area contributed by atoms with E-state index in [-0.39, 0.29) is 11.5 Å². The van der Waals surface area contributed by atoms with E-state index in [9.17, 15) is 0 Å². The predicted octanol–water partition coefficient (Wildman–Crippen LogP) is 2.53. The molecule has 0 saturated heterocycles. The summed E-state index contributed by atoms with van der Waals surface area (Å²) < 4.78 is 5.39. The fraction of sp³-hybridized carbons (Fsp3) is 0.583. The molecule has 0 aliphatic heterocycles. The molecule has 1 aromatic heterocycles. The van der Waals surface area contributed by atoms with Crippen LogP contribution in [0.2, 0.25) is 0 Å². The fourth-order valence-electron chi connectivity index (χ4n) is 1.35. The Labute approximate surface area is 91.7 Å². The summed E-state index contributed by atoms with van der Waals surface area (Å²) in [6, 6.07) is 1.94. The van der Waals surface area contributed by atoms with Crippen LogP contribution < -0.4 is 10.5 Å². The summed E-state index contributed by atoms with van der Waals surface area (Å²) in [7, 11) is 0. The van der Waals surface area contributed by atoms with E-state index >= 15 is 0 Å². The summed E-state index contributed by atoms with van der Waals surface area (Å²) in [5.41, 5.74) is 7.20. The molecule has 0 amide bonds. The van der Waals surface area contributed by atoms with Crippen molar-refractivity contribution >= 4 is 0 Å². The molecule has 0 aliphatic rings. The van der Waals surface area contributed by atoms with Crippen molar-refractivity contribution in [3.05, 3.63) is 24.0 Å². The van der Waals surface area contributed by atoms with Crippen LogP contribution in [-0.2, 0) is 0 Å². The Kier molecular flexibility index (Phi) is 3.69. The Morgan fingerprint density at radius 2 is 2.07 bits per heavy atom. The third kappa shape index (κ3) is 3.20. The molecule has 84 valence electrons. The average molecular weight is 208 g/mol. The highest BCUT2D eigenvalue weighted by Gasteiger charge is 2.22. The minimum Gasteiger partial charge on any atom is -0.492 e. The van der Waals surface area contributed by atoms with E-state index in [1.165, 1.54) is 0 Å². The van der Waals surface area contributed by atoms with Gasteiger partial charge in [0.15, 0.2) is 0 Å². The molecule has 1 aromatic rings. The standard InChI is InChI=1S/C12H20N2O/c1-5-15-10-6-9(7-14-8-10)11(13)12(2,3)4/h6-8,11H,5,13H2,1-4H3. The van der Waals surface area contributed by atoms with Gasteiger partial charge in [-0.1, -0.05) is 20.8 Å². The maximum Gasteiger partial charge on any atom is 0.137 e. The predicted molar refractivity (Wildman–Crippen MR) is 61.8 cm³/mol. The minimum absolute atomic E-state index is 0.0228. The lowest BCUT2D eigenvalue weighted by Gasteiger charge is -2.27. The zero-order valence-electron chi connectivity index (χ0n) is 9.95. The Hall–Kier alpha value is -1.09. The minimum atomic E-state index is -0.0228. The van der Waals surface area contributed by atoms with Crippen LogP contribution in [-0.4, -0.2) is 11.6 Å². The highest BCUT2D eigenvalue weighted by atomic mass is 16.5. The number of rotatable bonds is 3. The van der Waals surface area contributed by atoms with E-state index in [1.54, 1.807) is 12.4 Å². The van der Waals surface area contributed by atoms with Gasteiger partial charge in [-0.05, 0) is 24.0 Å². The van der Waals surface area contributed by atoms with Crippen LogP contribution in [0.1, 0.15) is 39.3 Å². The molecule has 3 nitrogen and oxygen atoms in total. The first kappa shape index (κ1) is 12.0. The second-order valence-electron chi connectivity index (χ2n) is 4.73. The zero-order valence-corrected chi connectivity index (χ0v) is 9.95. The van der Waals surface area contributed by atoms with Gasteiger partial charge in [0.1, 0.15) is 5.75 Å². The lowest BCUT2D eigenvalue weighted by molar-refractivity contribution is 0.319. The summed E-state index contributed by atoms with van der Waals surface area (Å²) in [5, 5.41) is 0. The third-order valence-corrected chi connectivity index (χ3v) is 2.34. The second kappa shape index (κ2) is 4.62.